The zero-order valence-electron chi connectivity index (χ0n) is 16.6. The summed E-state index contributed by atoms with van der Waals surface area (Å²) in [5.74, 6) is 1.08. The Hall–Kier alpha value is -2.61. The molecular formula is C20H26N2O5S. The molecule has 0 unspecified atom stereocenters. The smallest absolute Gasteiger partial charge is 0.325 e. The summed E-state index contributed by atoms with van der Waals surface area (Å²) in [7, 11) is 3.16. The molecule has 28 heavy (non-hydrogen) atoms. The van der Waals surface area contributed by atoms with Crippen molar-refractivity contribution < 1.29 is 23.8 Å². The maximum Gasteiger partial charge on any atom is 0.325 e. The summed E-state index contributed by atoms with van der Waals surface area (Å²) in [4.78, 5) is 27.9. The number of carbonyl (C=O) groups excluding carboxylic acids is 2. The third-order valence-electron chi connectivity index (χ3n) is 3.94. The van der Waals surface area contributed by atoms with Gasteiger partial charge in [-0.25, -0.2) is 4.98 Å². The van der Waals surface area contributed by atoms with Crippen molar-refractivity contribution in [1.82, 2.24) is 10.3 Å². The number of ether oxygens (including phenoxy) is 3. The van der Waals surface area contributed by atoms with Gasteiger partial charge in [0.25, 0.3) is 0 Å². The predicted molar refractivity (Wildman–Crippen MR) is 108 cm³/mol. The van der Waals surface area contributed by atoms with E-state index >= 15 is 0 Å². The summed E-state index contributed by atoms with van der Waals surface area (Å²) in [6.45, 7) is 4.02. The van der Waals surface area contributed by atoms with Crippen LogP contribution in [0.15, 0.2) is 23.6 Å². The van der Waals surface area contributed by atoms with Crippen LogP contribution in [0.3, 0.4) is 0 Å². The number of amides is 1. The Kier molecular flexibility index (Phi) is 8.25. The number of rotatable bonds is 10. The number of esters is 1. The Labute approximate surface area is 169 Å². The van der Waals surface area contributed by atoms with Crippen LogP contribution in [0, 0.1) is 5.92 Å². The molecule has 1 amide bonds. The maximum atomic E-state index is 11.8. The molecule has 1 aromatic carbocycles. The van der Waals surface area contributed by atoms with Crippen LogP contribution in [-0.2, 0) is 20.9 Å². The van der Waals surface area contributed by atoms with Crippen LogP contribution in [-0.4, -0.2) is 37.6 Å². The monoisotopic (exact) mass is 406 g/mol. The SMILES string of the molecule is COc1ccc(-c2nc(COC(=O)CNC(=O)CCC(C)C)cs2)cc1OC. The van der Waals surface area contributed by atoms with Gasteiger partial charge in [0.2, 0.25) is 5.91 Å². The Morgan fingerprint density at radius 2 is 1.93 bits per heavy atom. The molecule has 1 heterocycles. The highest BCUT2D eigenvalue weighted by molar-refractivity contribution is 7.13. The first kappa shape index (κ1) is 21.7. The highest BCUT2D eigenvalue weighted by atomic mass is 32.1. The van der Waals surface area contributed by atoms with Crippen molar-refractivity contribution in [3.8, 4) is 22.1 Å². The number of carbonyl (C=O) groups is 2. The van der Waals surface area contributed by atoms with Gasteiger partial charge in [0.1, 0.15) is 18.2 Å². The standard InChI is InChI=1S/C20H26N2O5S/c1-13(2)5-8-18(23)21-10-19(24)27-11-15-12-28-20(22-15)14-6-7-16(25-3)17(9-14)26-4/h6-7,9,12-13H,5,8,10-11H2,1-4H3,(H,21,23). The Morgan fingerprint density at radius 3 is 2.61 bits per heavy atom. The first-order valence-corrected chi connectivity index (χ1v) is 9.90. The van der Waals surface area contributed by atoms with Crippen LogP contribution in [0.1, 0.15) is 32.4 Å². The fraction of sp³-hybridized carbons (Fsp3) is 0.450. The molecule has 2 rings (SSSR count). The van der Waals surface area contributed by atoms with Crippen molar-refractivity contribution in [2.75, 3.05) is 20.8 Å². The third kappa shape index (κ3) is 6.53. The average Bonchev–Trinajstić information content (AvgIpc) is 3.17. The zero-order valence-corrected chi connectivity index (χ0v) is 17.4. The topological polar surface area (TPSA) is 86.8 Å². The number of benzene rings is 1. The summed E-state index contributed by atoms with van der Waals surface area (Å²) in [6, 6.07) is 5.56. The fourth-order valence-corrected chi connectivity index (χ4v) is 3.16. The number of nitrogens with one attached hydrogen (secondary N) is 1. The lowest BCUT2D eigenvalue weighted by atomic mass is 10.1. The Bertz CT molecular complexity index is 804. The van der Waals surface area contributed by atoms with Crippen molar-refractivity contribution in [3.63, 3.8) is 0 Å². The van der Waals surface area contributed by atoms with Crippen LogP contribution < -0.4 is 14.8 Å². The molecule has 0 saturated carbocycles. The minimum atomic E-state index is -0.487. The summed E-state index contributed by atoms with van der Waals surface area (Å²) in [6.07, 6.45) is 1.20. The van der Waals surface area contributed by atoms with E-state index in [-0.39, 0.29) is 19.1 Å². The highest BCUT2D eigenvalue weighted by Crippen LogP contribution is 2.33. The Balaban J connectivity index is 1.84. The largest absolute Gasteiger partial charge is 0.493 e. The number of hydrogen-bond acceptors (Lipinski definition) is 7. The second-order valence-electron chi connectivity index (χ2n) is 6.58. The maximum absolute atomic E-state index is 11.8. The van der Waals surface area contributed by atoms with Gasteiger partial charge in [0.15, 0.2) is 11.5 Å². The lowest BCUT2D eigenvalue weighted by Crippen LogP contribution is -2.30. The van der Waals surface area contributed by atoms with Crippen LogP contribution in [0.2, 0.25) is 0 Å². The molecule has 0 saturated heterocycles. The van der Waals surface area contributed by atoms with Gasteiger partial charge in [-0.15, -0.1) is 11.3 Å². The summed E-state index contributed by atoms with van der Waals surface area (Å²) in [5.41, 5.74) is 1.53. The van der Waals surface area contributed by atoms with Crippen LogP contribution in [0.25, 0.3) is 10.6 Å². The number of methoxy groups -OCH3 is 2. The van der Waals surface area contributed by atoms with Crippen molar-refractivity contribution in [2.45, 2.75) is 33.3 Å². The number of nitrogens with zero attached hydrogens (tertiary/aromatic N) is 1. The van der Waals surface area contributed by atoms with E-state index in [9.17, 15) is 9.59 Å². The van der Waals surface area contributed by atoms with Gasteiger partial charge in [-0.05, 0) is 30.5 Å². The van der Waals surface area contributed by atoms with Crippen molar-refractivity contribution >= 4 is 23.2 Å². The predicted octanol–water partition coefficient (Wildman–Crippen LogP) is 3.42. The van der Waals surface area contributed by atoms with E-state index < -0.39 is 5.97 Å². The van der Waals surface area contributed by atoms with Crippen LogP contribution >= 0.6 is 11.3 Å². The molecule has 0 aliphatic rings. The minimum absolute atomic E-state index is 0.0600. The van der Waals surface area contributed by atoms with E-state index in [2.05, 4.69) is 10.3 Å². The second kappa shape index (κ2) is 10.7. The molecule has 0 atom stereocenters. The molecule has 0 radical (unpaired) electrons. The molecule has 8 heteroatoms. The average molecular weight is 407 g/mol. The molecular weight excluding hydrogens is 380 g/mol. The van der Waals surface area contributed by atoms with E-state index in [4.69, 9.17) is 14.2 Å². The van der Waals surface area contributed by atoms with Gasteiger partial charge in [0, 0.05) is 17.4 Å². The van der Waals surface area contributed by atoms with Gasteiger partial charge in [-0.1, -0.05) is 13.8 Å². The van der Waals surface area contributed by atoms with Crippen LogP contribution in [0.5, 0.6) is 11.5 Å². The lowest BCUT2D eigenvalue weighted by Gasteiger charge is -2.08. The summed E-state index contributed by atoms with van der Waals surface area (Å²) < 4.78 is 15.7. The number of aromatic nitrogens is 1. The number of hydrogen-bond donors (Lipinski definition) is 1. The third-order valence-corrected chi connectivity index (χ3v) is 4.88. The van der Waals surface area contributed by atoms with E-state index in [0.29, 0.717) is 29.5 Å². The van der Waals surface area contributed by atoms with Crippen molar-refractivity contribution in [3.05, 3.63) is 29.3 Å². The molecule has 0 bridgehead atoms. The first-order valence-electron chi connectivity index (χ1n) is 9.02. The minimum Gasteiger partial charge on any atom is -0.493 e. The molecule has 0 spiro atoms. The molecule has 1 aromatic heterocycles. The van der Waals surface area contributed by atoms with E-state index in [1.54, 1.807) is 14.2 Å². The second-order valence-corrected chi connectivity index (χ2v) is 7.44. The number of thiazole rings is 1. The fourth-order valence-electron chi connectivity index (χ4n) is 2.36. The normalized spacial score (nSPS) is 10.6. The van der Waals surface area contributed by atoms with Crippen molar-refractivity contribution in [2.24, 2.45) is 5.92 Å². The molecule has 7 nitrogen and oxygen atoms in total. The van der Waals surface area contributed by atoms with Gasteiger partial charge in [-0.3, -0.25) is 9.59 Å². The lowest BCUT2D eigenvalue weighted by molar-refractivity contribution is -0.145. The van der Waals surface area contributed by atoms with Gasteiger partial charge in [-0.2, -0.15) is 0 Å². The van der Waals surface area contributed by atoms with E-state index in [1.807, 2.05) is 37.4 Å². The quantitative estimate of drug-likeness (QED) is 0.609. The summed E-state index contributed by atoms with van der Waals surface area (Å²) in [5, 5.41) is 5.19. The van der Waals surface area contributed by atoms with E-state index in [0.717, 1.165) is 17.0 Å². The molecule has 0 aliphatic heterocycles. The summed E-state index contributed by atoms with van der Waals surface area (Å²) >= 11 is 1.45. The van der Waals surface area contributed by atoms with Crippen molar-refractivity contribution in [1.29, 1.82) is 0 Å². The first-order chi connectivity index (χ1) is 13.4. The van der Waals surface area contributed by atoms with Gasteiger partial charge in [0.05, 0.1) is 19.9 Å². The van der Waals surface area contributed by atoms with Crippen LogP contribution in [0.4, 0.5) is 0 Å². The molecule has 0 fully saturated rings. The van der Waals surface area contributed by atoms with Gasteiger partial charge >= 0.3 is 5.97 Å². The zero-order chi connectivity index (χ0) is 20.5. The van der Waals surface area contributed by atoms with Gasteiger partial charge < -0.3 is 19.5 Å². The molecule has 1 N–H and O–H groups in total. The highest BCUT2D eigenvalue weighted by Gasteiger charge is 2.12. The molecule has 0 aliphatic carbocycles. The molecule has 152 valence electrons. The van der Waals surface area contributed by atoms with E-state index in [1.165, 1.54) is 11.3 Å². The Morgan fingerprint density at radius 1 is 1.18 bits per heavy atom. The molecule has 2 aromatic rings.